The van der Waals surface area contributed by atoms with Crippen molar-refractivity contribution in [2.75, 3.05) is 5.32 Å². The summed E-state index contributed by atoms with van der Waals surface area (Å²) in [5.41, 5.74) is 1.41. The van der Waals surface area contributed by atoms with Gasteiger partial charge in [0.2, 0.25) is 5.91 Å². The van der Waals surface area contributed by atoms with Crippen molar-refractivity contribution in [3.05, 3.63) is 69.8 Å². The highest BCUT2D eigenvalue weighted by molar-refractivity contribution is 6.01. The van der Waals surface area contributed by atoms with Gasteiger partial charge in [-0.25, -0.2) is 0 Å². The van der Waals surface area contributed by atoms with Gasteiger partial charge in [-0.1, -0.05) is 44.5 Å². The first-order chi connectivity index (χ1) is 12.8. The molecule has 0 radical (unpaired) electrons. The molecule has 2 aromatic rings. The molecule has 142 valence electrons. The lowest BCUT2D eigenvalue weighted by Crippen LogP contribution is -2.47. The lowest BCUT2D eigenvalue weighted by atomic mass is 9.97. The third-order valence-electron chi connectivity index (χ3n) is 4.51. The van der Waals surface area contributed by atoms with E-state index in [4.69, 9.17) is 0 Å². The molecule has 0 aromatic heterocycles. The Morgan fingerprint density at radius 3 is 2.41 bits per heavy atom. The van der Waals surface area contributed by atoms with Crippen LogP contribution in [0.4, 0.5) is 11.4 Å². The van der Waals surface area contributed by atoms with Crippen LogP contribution in [0.1, 0.15) is 36.2 Å². The molecule has 2 amide bonds. The van der Waals surface area contributed by atoms with E-state index < -0.39 is 16.9 Å². The summed E-state index contributed by atoms with van der Waals surface area (Å²) in [7, 11) is 0. The highest BCUT2D eigenvalue weighted by Crippen LogP contribution is 2.22. The number of nitro benzene ring substituents is 1. The lowest BCUT2D eigenvalue weighted by molar-refractivity contribution is -0.384. The van der Waals surface area contributed by atoms with Gasteiger partial charge in [0.1, 0.15) is 6.04 Å². The average molecular weight is 369 g/mol. The number of hydrogen-bond acceptors (Lipinski definition) is 4. The molecule has 2 N–H and O–H groups in total. The molecule has 27 heavy (non-hydrogen) atoms. The predicted molar refractivity (Wildman–Crippen MR) is 104 cm³/mol. The number of non-ortho nitro benzene ring substituents is 1. The van der Waals surface area contributed by atoms with Crippen LogP contribution in [-0.4, -0.2) is 22.8 Å². The number of benzene rings is 2. The number of rotatable bonds is 7. The SMILES string of the molecule is CC[C@H](C)[C@H](NC(=O)c1ccccc1)C(=O)Nc1cc([N+](=O)[O-])ccc1C. The van der Waals surface area contributed by atoms with Crippen LogP contribution in [0.2, 0.25) is 0 Å². The molecule has 0 heterocycles. The van der Waals surface area contributed by atoms with E-state index in [0.29, 0.717) is 23.2 Å². The third-order valence-corrected chi connectivity index (χ3v) is 4.51. The Balaban J connectivity index is 2.21. The van der Waals surface area contributed by atoms with E-state index in [-0.39, 0.29) is 17.5 Å². The van der Waals surface area contributed by atoms with E-state index in [1.165, 1.54) is 12.1 Å². The van der Waals surface area contributed by atoms with Crippen LogP contribution >= 0.6 is 0 Å². The first-order valence-electron chi connectivity index (χ1n) is 8.75. The Hall–Kier alpha value is -3.22. The molecule has 0 spiro atoms. The Labute approximate surface area is 157 Å². The van der Waals surface area contributed by atoms with Crippen molar-refractivity contribution in [3.8, 4) is 0 Å². The maximum absolute atomic E-state index is 12.8. The van der Waals surface area contributed by atoms with Crippen molar-refractivity contribution in [3.63, 3.8) is 0 Å². The van der Waals surface area contributed by atoms with Gasteiger partial charge >= 0.3 is 0 Å². The minimum Gasteiger partial charge on any atom is -0.340 e. The maximum Gasteiger partial charge on any atom is 0.271 e. The molecule has 0 unspecified atom stereocenters. The largest absolute Gasteiger partial charge is 0.340 e. The smallest absolute Gasteiger partial charge is 0.271 e. The first-order valence-corrected chi connectivity index (χ1v) is 8.75. The number of anilines is 1. The standard InChI is InChI=1S/C20H23N3O4/c1-4-13(2)18(22-19(24)15-8-6-5-7-9-15)20(25)21-17-12-16(23(26)27)11-10-14(17)3/h5-13,18H,4H2,1-3H3,(H,21,25)(H,22,24)/t13-,18-/m0/s1. The van der Waals surface area contributed by atoms with Gasteiger partial charge in [-0.15, -0.1) is 0 Å². The number of nitrogens with zero attached hydrogens (tertiary/aromatic N) is 1. The zero-order valence-electron chi connectivity index (χ0n) is 15.6. The summed E-state index contributed by atoms with van der Waals surface area (Å²) in [6.07, 6.45) is 0.682. The van der Waals surface area contributed by atoms with Crippen molar-refractivity contribution in [1.29, 1.82) is 0 Å². The lowest BCUT2D eigenvalue weighted by Gasteiger charge is -2.24. The second-order valence-electron chi connectivity index (χ2n) is 6.45. The zero-order valence-corrected chi connectivity index (χ0v) is 15.6. The minimum absolute atomic E-state index is 0.107. The van der Waals surface area contributed by atoms with Gasteiger partial charge in [0, 0.05) is 17.7 Å². The van der Waals surface area contributed by atoms with Crippen molar-refractivity contribution in [2.45, 2.75) is 33.2 Å². The number of nitro groups is 1. The zero-order chi connectivity index (χ0) is 20.0. The molecule has 2 atom stereocenters. The highest BCUT2D eigenvalue weighted by atomic mass is 16.6. The Kier molecular flexibility index (Phi) is 6.65. The number of nitrogens with one attached hydrogen (secondary N) is 2. The van der Waals surface area contributed by atoms with Crippen LogP contribution < -0.4 is 10.6 Å². The monoisotopic (exact) mass is 369 g/mol. The second kappa shape index (κ2) is 8.93. The Morgan fingerprint density at radius 2 is 1.81 bits per heavy atom. The van der Waals surface area contributed by atoms with Crippen LogP contribution in [0.15, 0.2) is 48.5 Å². The first kappa shape index (κ1) is 20.1. The van der Waals surface area contributed by atoms with E-state index in [1.54, 1.807) is 43.3 Å². The van der Waals surface area contributed by atoms with Crippen molar-refractivity contribution >= 4 is 23.2 Å². The summed E-state index contributed by atoms with van der Waals surface area (Å²) in [6, 6.07) is 12.2. The van der Waals surface area contributed by atoms with Gasteiger partial charge < -0.3 is 10.6 Å². The second-order valence-corrected chi connectivity index (χ2v) is 6.45. The summed E-state index contributed by atoms with van der Waals surface area (Å²) >= 11 is 0. The molecule has 0 saturated carbocycles. The minimum atomic E-state index is -0.763. The molecule has 0 aliphatic carbocycles. The molecule has 0 aliphatic heterocycles. The fraction of sp³-hybridized carbons (Fsp3) is 0.300. The topological polar surface area (TPSA) is 101 Å². The molecular weight excluding hydrogens is 346 g/mol. The number of hydrogen-bond donors (Lipinski definition) is 2. The van der Waals surface area contributed by atoms with E-state index in [9.17, 15) is 19.7 Å². The van der Waals surface area contributed by atoms with Crippen LogP contribution in [0.3, 0.4) is 0 Å². The van der Waals surface area contributed by atoms with Gasteiger partial charge in [0.15, 0.2) is 0 Å². The van der Waals surface area contributed by atoms with E-state index >= 15 is 0 Å². The fourth-order valence-corrected chi connectivity index (χ4v) is 2.58. The quantitative estimate of drug-likeness (QED) is 0.574. The molecule has 0 saturated heterocycles. The summed E-state index contributed by atoms with van der Waals surface area (Å²) in [6.45, 7) is 5.55. The van der Waals surface area contributed by atoms with Gasteiger partial charge in [0.05, 0.1) is 10.6 Å². The predicted octanol–water partition coefficient (Wildman–Crippen LogP) is 3.69. The van der Waals surface area contributed by atoms with E-state index in [0.717, 1.165) is 0 Å². The highest BCUT2D eigenvalue weighted by Gasteiger charge is 2.27. The molecule has 0 aliphatic rings. The number of carbonyl (C=O) groups is 2. The number of aryl methyl sites for hydroxylation is 1. The van der Waals surface area contributed by atoms with Crippen molar-refractivity contribution in [1.82, 2.24) is 5.32 Å². The Bertz CT molecular complexity index is 836. The molecule has 2 aromatic carbocycles. The summed E-state index contributed by atoms with van der Waals surface area (Å²) in [4.78, 5) is 35.7. The molecular formula is C20H23N3O4. The Morgan fingerprint density at radius 1 is 1.15 bits per heavy atom. The fourth-order valence-electron chi connectivity index (χ4n) is 2.58. The van der Waals surface area contributed by atoms with Gasteiger partial charge in [0.25, 0.3) is 11.6 Å². The number of carbonyl (C=O) groups excluding carboxylic acids is 2. The third kappa shape index (κ3) is 5.13. The van der Waals surface area contributed by atoms with Crippen molar-refractivity contribution < 1.29 is 14.5 Å². The maximum atomic E-state index is 12.8. The van der Waals surface area contributed by atoms with Crippen LogP contribution in [0.5, 0.6) is 0 Å². The normalized spacial score (nSPS) is 12.7. The summed E-state index contributed by atoms with van der Waals surface area (Å²) in [5.74, 6) is -0.860. The molecule has 2 rings (SSSR count). The van der Waals surface area contributed by atoms with E-state index in [2.05, 4.69) is 10.6 Å². The molecule has 0 fully saturated rings. The summed E-state index contributed by atoms with van der Waals surface area (Å²) < 4.78 is 0. The van der Waals surface area contributed by atoms with Crippen LogP contribution in [0.25, 0.3) is 0 Å². The molecule has 7 heteroatoms. The summed E-state index contributed by atoms with van der Waals surface area (Å²) in [5, 5.41) is 16.5. The van der Waals surface area contributed by atoms with E-state index in [1.807, 2.05) is 13.8 Å². The molecule has 0 bridgehead atoms. The van der Waals surface area contributed by atoms with Crippen LogP contribution in [0, 0.1) is 23.0 Å². The van der Waals surface area contributed by atoms with Gasteiger partial charge in [-0.3, -0.25) is 19.7 Å². The van der Waals surface area contributed by atoms with Gasteiger partial charge in [-0.05, 0) is 30.5 Å². The average Bonchev–Trinajstić information content (AvgIpc) is 2.67. The number of amides is 2. The van der Waals surface area contributed by atoms with Crippen molar-refractivity contribution in [2.24, 2.45) is 5.92 Å². The van der Waals surface area contributed by atoms with Crippen LogP contribution in [-0.2, 0) is 4.79 Å². The molecule has 7 nitrogen and oxygen atoms in total. The van der Waals surface area contributed by atoms with Gasteiger partial charge in [-0.2, -0.15) is 0 Å².